The molecular weight excluding hydrogens is 328 g/mol. The van der Waals surface area contributed by atoms with Gasteiger partial charge in [-0.1, -0.05) is 6.07 Å². The second-order valence-electron chi connectivity index (χ2n) is 5.50. The summed E-state index contributed by atoms with van der Waals surface area (Å²) in [5.41, 5.74) is 3.47. The Balaban J connectivity index is 1.60. The number of hydrogen-bond donors (Lipinski definition) is 1. The number of methoxy groups -OCH3 is 1. The third-order valence-corrected chi connectivity index (χ3v) is 3.79. The molecule has 26 heavy (non-hydrogen) atoms. The predicted octanol–water partition coefficient (Wildman–Crippen LogP) is 3.48. The molecule has 0 aliphatic carbocycles. The van der Waals surface area contributed by atoms with Gasteiger partial charge in [0.25, 0.3) is 0 Å². The summed E-state index contributed by atoms with van der Waals surface area (Å²) in [6.07, 6.45) is 8.84. The summed E-state index contributed by atoms with van der Waals surface area (Å²) < 4.78 is 7.05. The summed E-state index contributed by atoms with van der Waals surface area (Å²) in [5.74, 6) is 1.30. The van der Waals surface area contributed by atoms with Gasteiger partial charge in [-0.05, 0) is 30.3 Å². The SMILES string of the molecule is COc1cccc(-n2cc(-c3ccnc(Nc4ccncc4)n3)cn2)c1. The first-order valence-electron chi connectivity index (χ1n) is 8.01. The maximum absolute atomic E-state index is 5.27. The van der Waals surface area contributed by atoms with E-state index in [1.54, 1.807) is 36.6 Å². The van der Waals surface area contributed by atoms with Gasteiger partial charge in [-0.25, -0.2) is 14.6 Å². The first-order chi connectivity index (χ1) is 12.8. The maximum Gasteiger partial charge on any atom is 0.227 e. The monoisotopic (exact) mass is 344 g/mol. The third-order valence-electron chi connectivity index (χ3n) is 3.79. The zero-order valence-corrected chi connectivity index (χ0v) is 14.1. The average Bonchev–Trinajstić information content (AvgIpc) is 3.19. The molecule has 0 saturated carbocycles. The van der Waals surface area contributed by atoms with Crippen LogP contribution in [0.15, 0.2) is 73.4 Å². The lowest BCUT2D eigenvalue weighted by Gasteiger charge is -2.05. The number of nitrogens with one attached hydrogen (secondary N) is 1. The lowest BCUT2D eigenvalue weighted by Crippen LogP contribution is -1.97. The van der Waals surface area contributed by atoms with Crippen LogP contribution in [0.4, 0.5) is 11.6 Å². The van der Waals surface area contributed by atoms with Gasteiger partial charge < -0.3 is 10.1 Å². The zero-order valence-electron chi connectivity index (χ0n) is 14.1. The fraction of sp³-hybridized carbons (Fsp3) is 0.0526. The molecule has 0 spiro atoms. The minimum Gasteiger partial charge on any atom is -0.497 e. The van der Waals surface area contributed by atoms with E-state index in [2.05, 4.69) is 25.4 Å². The number of hydrogen-bond acceptors (Lipinski definition) is 6. The number of rotatable bonds is 5. The fourth-order valence-corrected chi connectivity index (χ4v) is 2.49. The van der Waals surface area contributed by atoms with Crippen LogP contribution in [0.25, 0.3) is 16.9 Å². The standard InChI is InChI=1S/C19H16N6O/c1-26-17-4-2-3-16(11-17)25-13-14(12-22-25)18-7-10-21-19(24-18)23-15-5-8-20-9-6-15/h2-13H,1H3,(H,20,21,23,24). The van der Waals surface area contributed by atoms with E-state index in [9.17, 15) is 0 Å². The summed E-state index contributed by atoms with van der Waals surface area (Å²) in [6, 6.07) is 13.3. The van der Waals surface area contributed by atoms with Gasteiger partial charge in [-0.15, -0.1) is 0 Å². The molecule has 0 amide bonds. The normalized spacial score (nSPS) is 10.5. The Bertz CT molecular complexity index is 1020. The van der Waals surface area contributed by atoms with Gasteiger partial charge in [-0.3, -0.25) is 4.98 Å². The zero-order chi connectivity index (χ0) is 17.8. The van der Waals surface area contributed by atoms with Crippen molar-refractivity contribution < 1.29 is 4.74 Å². The molecule has 7 heteroatoms. The van der Waals surface area contributed by atoms with Crippen LogP contribution >= 0.6 is 0 Å². The van der Waals surface area contributed by atoms with Gasteiger partial charge in [0.1, 0.15) is 5.75 Å². The molecule has 0 saturated heterocycles. The molecule has 1 N–H and O–H groups in total. The van der Waals surface area contributed by atoms with E-state index in [0.29, 0.717) is 5.95 Å². The molecule has 3 aromatic heterocycles. The topological polar surface area (TPSA) is 77.8 Å². The summed E-state index contributed by atoms with van der Waals surface area (Å²) in [4.78, 5) is 12.8. The fourth-order valence-electron chi connectivity index (χ4n) is 2.49. The molecule has 0 atom stereocenters. The molecule has 0 bridgehead atoms. The van der Waals surface area contributed by atoms with E-state index in [1.807, 2.05) is 48.7 Å². The molecule has 0 unspecified atom stereocenters. The molecule has 1 aromatic carbocycles. The van der Waals surface area contributed by atoms with Crippen LogP contribution in [-0.4, -0.2) is 31.8 Å². The van der Waals surface area contributed by atoms with Crippen molar-refractivity contribution in [3.63, 3.8) is 0 Å². The van der Waals surface area contributed by atoms with Crippen molar-refractivity contribution in [3.05, 3.63) is 73.4 Å². The Kier molecular flexibility index (Phi) is 4.26. The molecule has 128 valence electrons. The number of anilines is 2. The molecular formula is C19H16N6O. The Morgan fingerprint density at radius 3 is 2.77 bits per heavy atom. The number of nitrogens with zero attached hydrogens (tertiary/aromatic N) is 5. The Labute approximate surface area is 150 Å². The molecule has 3 heterocycles. The Hall–Kier alpha value is -3.74. The molecule has 4 aromatic rings. The largest absolute Gasteiger partial charge is 0.497 e. The molecule has 0 radical (unpaired) electrons. The van der Waals surface area contributed by atoms with Crippen molar-refractivity contribution >= 4 is 11.6 Å². The van der Waals surface area contributed by atoms with Crippen molar-refractivity contribution in [2.75, 3.05) is 12.4 Å². The summed E-state index contributed by atoms with van der Waals surface area (Å²) in [7, 11) is 1.64. The first-order valence-corrected chi connectivity index (χ1v) is 8.01. The maximum atomic E-state index is 5.27. The summed E-state index contributed by atoms with van der Waals surface area (Å²) in [5, 5.41) is 7.59. The quantitative estimate of drug-likeness (QED) is 0.597. The smallest absolute Gasteiger partial charge is 0.227 e. The van der Waals surface area contributed by atoms with Crippen molar-refractivity contribution in [3.8, 4) is 22.7 Å². The van der Waals surface area contributed by atoms with Crippen LogP contribution in [0.5, 0.6) is 5.75 Å². The van der Waals surface area contributed by atoms with Crippen LogP contribution in [0, 0.1) is 0 Å². The van der Waals surface area contributed by atoms with E-state index >= 15 is 0 Å². The van der Waals surface area contributed by atoms with Gasteiger partial charge in [-0.2, -0.15) is 5.10 Å². The number of benzene rings is 1. The Morgan fingerprint density at radius 2 is 1.92 bits per heavy atom. The second kappa shape index (κ2) is 7.02. The number of aromatic nitrogens is 5. The summed E-state index contributed by atoms with van der Waals surface area (Å²) >= 11 is 0. The van der Waals surface area contributed by atoms with E-state index in [4.69, 9.17) is 4.74 Å². The van der Waals surface area contributed by atoms with E-state index in [1.165, 1.54) is 0 Å². The minimum absolute atomic E-state index is 0.517. The molecule has 0 fully saturated rings. The molecule has 7 nitrogen and oxygen atoms in total. The van der Waals surface area contributed by atoms with Crippen molar-refractivity contribution in [2.45, 2.75) is 0 Å². The van der Waals surface area contributed by atoms with E-state index in [-0.39, 0.29) is 0 Å². The first kappa shape index (κ1) is 15.8. The highest BCUT2D eigenvalue weighted by Gasteiger charge is 2.07. The molecule has 0 aliphatic rings. The minimum atomic E-state index is 0.517. The highest BCUT2D eigenvalue weighted by Crippen LogP contribution is 2.21. The van der Waals surface area contributed by atoms with Crippen LogP contribution < -0.4 is 10.1 Å². The van der Waals surface area contributed by atoms with E-state index < -0.39 is 0 Å². The molecule has 0 aliphatic heterocycles. The van der Waals surface area contributed by atoms with Crippen molar-refractivity contribution in [2.24, 2.45) is 0 Å². The number of pyridine rings is 1. The van der Waals surface area contributed by atoms with Gasteiger partial charge >= 0.3 is 0 Å². The lowest BCUT2D eigenvalue weighted by molar-refractivity contribution is 0.414. The second-order valence-corrected chi connectivity index (χ2v) is 5.50. The van der Waals surface area contributed by atoms with Gasteiger partial charge in [0.05, 0.1) is 24.7 Å². The highest BCUT2D eigenvalue weighted by molar-refractivity contribution is 5.61. The van der Waals surface area contributed by atoms with Crippen LogP contribution in [0.1, 0.15) is 0 Å². The molecule has 4 rings (SSSR count). The van der Waals surface area contributed by atoms with Gasteiger partial charge in [0, 0.05) is 42.1 Å². The van der Waals surface area contributed by atoms with Crippen LogP contribution in [0.2, 0.25) is 0 Å². The van der Waals surface area contributed by atoms with Gasteiger partial charge in [0.2, 0.25) is 5.95 Å². The predicted molar refractivity (Wildman–Crippen MR) is 98.7 cm³/mol. The Morgan fingerprint density at radius 1 is 1.04 bits per heavy atom. The van der Waals surface area contributed by atoms with Crippen LogP contribution in [0.3, 0.4) is 0 Å². The average molecular weight is 344 g/mol. The highest BCUT2D eigenvalue weighted by atomic mass is 16.5. The summed E-state index contributed by atoms with van der Waals surface area (Å²) in [6.45, 7) is 0. The lowest BCUT2D eigenvalue weighted by atomic mass is 10.2. The van der Waals surface area contributed by atoms with Crippen molar-refractivity contribution in [1.29, 1.82) is 0 Å². The van der Waals surface area contributed by atoms with Crippen molar-refractivity contribution in [1.82, 2.24) is 24.7 Å². The van der Waals surface area contributed by atoms with E-state index in [0.717, 1.165) is 28.4 Å². The number of ether oxygens (including phenoxy) is 1. The van der Waals surface area contributed by atoms with Gasteiger partial charge in [0.15, 0.2) is 0 Å². The van der Waals surface area contributed by atoms with Crippen LogP contribution in [-0.2, 0) is 0 Å². The third kappa shape index (κ3) is 3.36.